The summed E-state index contributed by atoms with van der Waals surface area (Å²) < 4.78 is 34.6. The van der Waals surface area contributed by atoms with Crippen molar-refractivity contribution in [3.8, 4) is 0 Å². The van der Waals surface area contributed by atoms with Gasteiger partial charge < -0.3 is 14.7 Å². The van der Waals surface area contributed by atoms with E-state index in [9.17, 15) is 9.18 Å². The molecule has 0 saturated carbocycles. The van der Waals surface area contributed by atoms with Crippen LogP contribution in [-0.4, -0.2) is 43.2 Å². The fraction of sp³-hybridized carbons (Fsp3) is 0.292. The van der Waals surface area contributed by atoms with Gasteiger partial charge in [0.05, 0.1) is 11.1 Å². The number of H-pyrrole nitrogens is 1. The molecule has 1 aliphatic rings. The maximum atomic E-state index is 15.0. The van der Waals surface area contributed by atoms with Crippen molar-refractivity contribution < 1.29 is 18.1 Å². The van der Waals surface area contributed by atoms with Crippen LogP contribution in [0.1, 0.15) is 41.7 Å². The summed E-state index contributed by atoms with van der Waals surface area (Å²) in [5.74, 6) is -0.267. The van der Waals surface area contributed by atoms with Gasteiger partial charge >= 0.3 is 0 Å². The van der Waals surface area contributed by atoms with E-state index in [1.54, 1.807) is 24.3 Å². The summed E-state index contributed by atoms with van der Waals surface area (Å²) in [4.78, 5) is 22.2. The van der Waals surface area contributed by atoms with Crippen LogP contribution in [0.4, 0.5) is 20.4 Å². The predicted octanol–water partition coefficient (Wildman–Crippen LogP) is 4.65. The molecule has 1 saturated heterocycles. The Balaban J connectivity index is 1.51. The molecule has 1 amide bonds. The molecule has 0 radical (unpaired) electrons. The fourth-order valence-corrected chi connectivity index (χ4v) is 4.93. The molecule has 9 nitrogen and oxygen atoms in total. The third-order valence-corrected chi connectivity index (χ3v) is 6.81. The van der Waals surface area contributed by atoms with Crippen molar-refractivity contribution >= 4 is 29.6 Å². The summed E-state index contributed by atoms with van der Waals surface area (Å²) in [7, 11) is 0. The Morgan fingerprint density at radius 1 is 1.33 bits per heavy atom. The van der Waals surface area contributed by atoms with Crippen LogP contribution >= 0.6 is 11.6 Å². The number of amides is 1. The number of rotatable bonds is 7. The minimum Gasteiger partial charge on any atom is -0.343 e. The highest BCUT2D eigenvalue weighted by atomic mass is 35.5. The Hall–Kier alpha value is -3.86. The van der Waals surface area contributed by atoms with Crippen LogP contribution in [0.15, 0.2) is 47.3 Å². The third kappa shape index (κ3) is 4.53. The predicted molar refractivity (Wildman–Crippen MR) is 127 cm³/mol. The topological polar surface area (TPSA) is 113 Å². The van der Waals surface area contributed by atoms with Gasteiger partial charge in [0.2, 0.25) is 12.8 Å². The zero-order valence-electron chi connectivity index (χ0n) is 19.2. The lowest BCUT2D eigenvalue weighted by Gasteiger charge is -2.44. The highest BCUT2D eigenvalue weighted by molar-refractivity contribution is 6.30. The average molecular weight is 514 g/mol. The van der Waals surface area contributed by atoms with Gasteiger partial charge in [-0.15, -0.1) is 0 Å². The number of nitrogens with zero attached hydrogens (tertiary/aromatic N) is 5. The largest absolute Gasteiger partial charge is 0.343 e. The van der Waals surface area contributed by atoms with Crippen LogP contribution in [0, 0.1) is 18.6 Å². The van der Waals surface area contributed by atoms with Gasteiger partial charge in [-0.05, 0) is 38.0 Å². The molecule has 12 heteroatoms. The molecular weight excluding hydrogens is 492 g/mol. The summed E-state index contributed by atoms with van der Waals surface area (Å²) in [6, 6.07) is 8.72. The number of hydrogen-bond donors (Lipinski definition) is 2. The Morgan fingerprint density at radius 3 is 2.92 bits per heavy atom. The number of aromatic amines is 1. The quantitative estimate of drug-likeness (QED) is 0.346. The number of aromatic nitrogens is 5. The molecule has 2 N–H and O–H groups in total. The highest BCUT2D eigenvalue weighted by Crippen LogP contribution is 2.45. The maximum Gasteiger partial charge on any atom is 0.213 e. The standard InChI is InChI=1S/C24H22ClF2N7O2/c1-14-9-20(32-31-14)30-22-18(26)6-5-15(29-22)10-24(23-28-12-36-33-23)7-8-34(13-35)19(11-24)16-3-2-4-17(25)21(16)27/h2-6,9,12-13,19H,7-8,10-11H2,1H3,(H2,29,30,31,32). The molecular formula is C24H22ClF2N7O2. The number of halogens is 3. The molecule has 5 rings (SSSR count). The molecule has 0 aliphatic carbocycles. The van der Waals surface area contributed by atoms with Gasteiger partial charge in [-0.2, -0.15) is 10.1 Å². The molecule has 0 bridgehead atoms. The second-order valence-corrected chi connectivity index (χ2v) is 9.27. The number of carbonyl (C=O) groups is 1. The Bertz CT molecular complexity index is 1380. The van der Waals surface area contributed by atoms with Crippen molar-refractivity contribution in [2.45, 2.75) is 37.6 Å². The van der Waals surface area contributed by atoms with E-state index in [-0.39, 0.29) is 17.3 Å². The van der Waals surface area contributed by atoms with Crippen LogP contribution < -0.4 is 5.32 Å². The van der Waals surface area contributed by atoms with E-state index in [2.05, 4.69) is 30.6 Å². The van der Waals surface area contributed by atoms with E-state index in [1.807, 2.05) is 6.92 Å². The van der Waals surface area contributed by atoms with Crippen LogP contribution in [0.3, 0.4) is 0 Å². The fourth-order valence-electron chi connectivity index (χ4n) is 4.75. The highest BCUT2D eigenvalue weighted by Gasteiger charge is 2.45. The molecule has 2 unspecified atom stereocenters. The summed E-state index contributed by atoms with van der Waals surface area (Å²) in [6.07, 6.45) is 2.97. The van der Waals surface area contributed by atoms with Gasteiger partial charge in [0.25, 0.3) is 0 Å². The monoisotopic (exact) mass is 513 g/mol. The van der Waals surface area contributed by atoms with Crippen molar-refractivity contribution in [3.63, 3.8) is 0 Å². The van der Waals surface area contributed by atoms with E-state index >= 15 is 4.39 Å². The van der Waals surface area contributed by atoms with Gasteiger partial charge in [-0.3, -0.25) is 9.89 Å². The first kappa shape index (κ1) is 23.9. The summed E-state index contributed by atoms with van der Waals surface area (Å²) in [6.45, 7) is 2.14. The molecule has 2 atom stereocenters. The van der Waals surface area contributed by atoms with Crippen molar-refractivity contribution in [2.24, 2.45) is 0 Å². The minimum absolute atomic E-state index is 0.0185. The van der Waals surface area contributed by atoms with Crippen LogP contribution in [0.2, 0.25) is 5.02 Å². The number of hydrogen-bond acceptors (Lipinski definition) is 7. The van der Waals surface area contributed by atoms with Gasteiger partial charge in [0.15, 0.2) is 23.3 Å². The zero-order valence-corrected chi connectivity index (χ0v) is 20.0. The Morgan fingerprint density at radius 2 is 2.19 bits per heavy atom. The number of carbonyl (C=O) groups excluding carboxylic acids is 1. The molecule has 36 heavy (non-hydrogen) atoms. The number of anilines is 2. The third-order valence-electron chi connectivity index (χ3n) is 6.52. The normalized spacial score (nSPS) is 19.9. The van der Waals surface area contributed by atoms with Crippen LogP contribution in [0.5, 0.6) is 0 Å². The molecule has 0 spiro atoms. The van der Waals surface area contributed by atoms with Gasteiger partial charge in [-0.1, -0.05) is 28.9 Å². The molecule has 4 aromatic rings. The van der Waals surface area contributed by atoms with Crippen molar-refractivity contribution in [2.75, 3.05) is 11.9 Å². The van der Waals surface area contributed by atoms with Crippen molar-refractivity contribution in [1.82, 2.24) is 30.2 Å². The van der Waals surface area contributed by atoms with Gasteiger partial charge in [0.1, 0.15) is 5.82 Å². The SMILES string of the molecule is Cc1cc(Nc2nc(CC3(c4ncon4)CCN(C=O)C(c4cccc(Cl)c4F)C3)ccc2F)n[nH]1. The van der Waals surface area contributed by atoms with E-state index < -0.39 is 23.1 Å². The van der Waals surface area contributed by atoms with Crippen LogP contribution in [0.25, 0.3) is 0 Å². The van der Waals surface area contributed by atoms with E-state index in [0.717, 1.165) is 5.69 Å². The van der Waals surface area contributed by atoms with Gasteiger partial charge in [-0.25, -0.2) is 13.8 Å². The minimum atomic E-state index is -0.767. The smallest absolute Gasteiger partial charge is 0.213 e. The summed E-state index contributed by atoms with van der Waals surface area (Å²) >= 11 is 6.04. The number of benzene rings is 1. The summed E-state index contributed by atoms with van der Waals surface area (Å²) in [5, 5.41) is 13.8. The molecule has 4 heterocycles. The maximum absolute atomic E-state index is 15.0. The number of pyridine rings is 1. The summed E-state index contributed by atoms with van der Waals surface area (Å²) in [5.41, 5.74) is 0.898. The van der Waals surface area contributed by atoms with Crippen molar-refractivity contribution in [3.05, 3.63) is 82.2 Å². The lowest BCUT2D eigenvalue weighted by atomic mass is 9.70. The first-order valence-electron chi connectivity index (χ1n) is 11.2. The molecule has 1 fully saturated rings. The first-order valence-corrected chi connectivity index (χ1v) is 11.6. The number of piperidine rings is 1. The lowest BCUT2D eigenvalue weighted by molar-refractivity contribution is -0.122. The van der Waals surface area contributed by atoms with E-state index in [0.29, 0.717) is 48.7 Å². The molecule has 3 aromatic heterocycles. The first-order chi connectivity index (χ1) is 17.4. The molecule has 1 aromatic carbocycles. The van der Waals surface area contributed by atoms with Gasteiger partial charge in [0, 0.05) is 41.4 Å². The Labute approximate surface area is 209 Å². The molecule has 186 valence electrons. The second kappa shape index (κ2) is 9.65. The number of nitrogens with one attached hydrogen (secondary N) is 2. The van der Waals surface area contributed by atoms with Crippen molar-refractivity contribution in [1.29, 1.82) is 0 Å². The second-order valence-electron chi connectivity index (χ2n) is 8.86. The Kier molecular flexibility index (Phi) is 6.40. The van der Waals surface area contributed by atoms with Crippen LogP contribution in [-0.2, 0) is 16.6 Å². The zero-order chi connectivity index (χ0) is 25.3. The molecule has 1 aliphatic heterocycles. The van der Waals surface area contributed by atoms with E-state index in [4.69, 9.17) is 16.1 Å². The number of likely N-dealkylation sites (tertiary alicyclic amines) is 1. The lowest BCUT2D eigenvalue weighted by Crippen LogP contribution is -2.46. The average Bonchev–Trinajstić information content (AvgIpc) is 3.55. The number of aryl methyl sites for hydroxylation is 1. The van der Waals surface area contributed by atoms with E-state index in [1.165, 1.54) is 23.4 Å².